The molecule has 0 aliphatic heterocycles. The fourth-order valence-electron chi connectivity index (χ4n) is 1.88. The first-order valence-electron chi connectivity index (χ1n) is 5.62. The minimum absolute atomic E-state index is 0.194. The number of carbonyl (C=O) groups is 1. The number of rotatable bonds is 5. The summed E-state index contributed by atoms with van der Waals surface area (Å²) in [6.45, 7) is -0.194. The molecule has 6 nitrogen and oxygen atoms in total. The maximum absolute atomic E-state index is 10.6. The van der Waals surface area contributed by atoms with Crippen LogP contribution in [-0.4, -0.2) is 36.8 Å². The van der Waals surface area contributed by atoms with Crippen LogP contribution in [0.3, 0.4) is 0 Å². The van der Waals surface area contributed by atoms with E-state index in [-0.39, 0.29) is 6.54 Å². The normalized spacial score (nSPS) is 10.2. The van der Waals surface area contributed by atoms with E-state index in [1.807, 2.05) is 6.07 Å². The average Bonchev–Trinajstić information content (AvgIpc) is 2.43. The summed E-state index contributed by atoms with van der Waals surface area (Å²) in [6, 6.07) is 5.37. The molecule has 0 aliphatic carbocycles. The standard InChI is InChI=1S/C13H14N2O4/c1-18-10-4-3-9-8(12(10)19-2)5-6-14-13(9)15-7-11(16)17/h3-6H,7H2,1-2H3,(H,14,15)(H,16,17). The maximum atomic E-state index is 10.6. The van der Waals surface area contributed by atoms with Crippen LogP contribution < -0.4 is 14.8 Å². The Morgan fingerprint density at radius 3 is 2.68 bits per heavy atom. The van der Waals surface area contributed by atoms with Crippen molar-refractivity contribution in [1.29, 1.82) is 0 Å². The zero-order valence-electron chi connectivity index (χ0n) is 10.6. The van der Waals surface area contributed by atoms with Gasteiger partial charge >= 0.3 is 5.97 Å². The highest BCUT2D eigenvalue weighted by Gasteiger charge is 2.12. The summed E-state index contributed by atoms with van der Waals surface area (Å²) in [5.41, 5.74) is 0. The van der Waals surface area contributed by atoms with Crippen molar-refractivity contribution in [1.82, 2.24) is 4.98 Å². The molecule has 19 heavy (non-hydrogen) atoms. The molecule has 2 N–H and O–H groups in total. The van der Waals surface area contributed by atoms with Gasteiger partial charge in [-0.05, 0) is 18.2 Å². The number of fused-ring (bicyclic) bond motifs is 1. The number of nitrogens with zero attached hydrogens (tertiary/aromatic N) is 1. The Labute approximate surface area is 110 Å². The molecular weight excluding hydrogens is 248 g/mol. The highest BCUT2D eigenvalue weighted by Crippen LogP contribution is 2.37. The van der Waals surface area contributed by atoms with E-state index >= 15 is 0 Å². The Balaban J connectivity index is 2.53. The summed E-state index contributed by atoms with van der Waals surface area (Å²) in [7, 11) is 3.12. The van der Waals surface area contributed by atoms with Crippen molar-refractivity contribution in [2.75, 3.05) is 26.1 Å². The highest BCUT2D eigenvalue weighted by atomic mass is 16.5. The molecule has 0 radical (unpaired) electrons. The minimum atomic E-state index is -0.945. The number of nitrogens with one attached hydrogen (secondary N) is 1. The molecule has 0 fully saturated rings. The van der Waals surface area contributed by atoms with Crippen molar-refractivity contribution in [3.63, 3.8) is 0 Å². The summed E-state index contributed by atoms with van der Waals surface area (Å²) in [6.07, 6.45) is 1.59. The lowest BCUT2D eigenvalue weighted by Gasteiger charge is -2.12. The zero-order valence-corrected chi connectivity index (χ0v) is 10.6. The molecule has 0 aliphatic rings. The lowest BCUT2D eigenvalue weighted by atomic mass is 10.1. The average molecular weight is 262 g/mol. The Morgan fingerprint density at radius 2 is 2.05 bits per heavy atom. The van der Waals surface area contributed by atoms with Gasteiger partial charge in [-0.3, -0.25) is 4.79 Å². The second-order valence-electron chi connectivity index (χ2n) is 3.80. The molecular formula is C13H14N2O4. The van der Waals surface area contributed by atoms with Gasteiger partial charge in [0, 0.05) is 17.0 Å². The molecule has 100 valence electrons. The molecule has 1 aromatic heterocycles. The Kier molecular flexibility index (Phi) is 3.70. The van der Waals surface area contributed by atoms with E-state index in [0.29, 0.717) is 17.3 Å². The fourth-order valence-corrected chi connectivity index (χ4v) is 1.88. The maximum Gasteiger partial charge on any atom is 0.322 e. The third kappa shape index (κ3) is 2.52. The number of hydrogen-bond acceptors (Lipinski definition) is 5. The molecule has 6 heteroatoms. The number of aromatic nitrogens is 1. The quantitative estimate of drug-likeness (QED) is 0.854. The first-order valence-corrected chi connectivity index (χ1v) is 5.62. The largest absolute Gasteiger partial charge is 0.493 e. The second kappa shape index (κ2) is 5.43. The molecule has 0 saturated heterocycles. The SMILES string of the molecule is COc1ccc2c(NCC(=O)O)nccc2c1OC. The number of carboxylic acid groups (broad SMARTS) is 1. The molecule has 0 atom stereocenters. The number of carboxylic acids is 1. The van der Waals surface area contributed by atoms with Gasteiger partial charge < -0.3 is 19.9 Å². The molecule has 2 aromatic rings. The molecule has 0 saturated carbocycles. The van der Waals surface area contributed by atoms with Gasteiger partial charge in [0.2, 0.25) is 0 Å². The van der Waals surface area contributed by atoms with Gasteiger partial charge in [0.15, 0.2) is 11.5 Å². The van der Waals surface area contributed by atoms with E-state index in [9.17, 15) is 4.79 Å². The van der Waals surface area contributed by atoms with E-state index in [0.717, 1.165) is 10.8 Å². The van der Waals surface area contributed by atoms with Gasteiger partial charge in [-0.15, -0.1) is 0 Å². The van der Waals surface area contributed by atoms with E-state index in [4.69, 9.17) is 14.6 Å². The molecule has 0 spiro atoms. The fraction of sp³-hybridized carbons (Fsp3) is 0.231. The van der Waals surface area contributed by atoms with E-state index in [1.165, 1.54) is 0 Å². The van der Waals surface area contributed by atoms with Crippen LogP contribution in [0.15, 0.2) is 24.4 Å². The third-order valence-corrected chi connectivity index (χ3v) is 2.69. The van der Waals surface area contributed by atoms with Gasteiger partial charge in [0.05, 0.1) is 14.2 Å². The van der Waals surface area contributed by atoms with Crippen molar-refractivity contribution in [3.05, 3.63) is 24.4 Å². The smallest absolute Gasteiger partial charge is 0.322 e. The number of benzene rings is 1. The van der Waals surface area contributed by atoms with Crippen LogP contribution in [0, 0.1) is 0 Å². The summed E-state index contributed by atoms with van der Waals surface area (Å²) in [4.78, 5) is 14.7. The number of pyridine rings is 1. The predicted molar refractivity (Wildman–Crippen MR) is 71.0 cm³/mol. The van der Waals surface area contributed by atoms with Gasteiger partial charge in [-0.2, -0.15) is 0 Å². The number of ether oxygens (including phenoxy) is 2. The first kappa shape index (κ1) is 12.9. The lowest BCUT2D eigenvalue weighted by molar-refractivity contribution is -0.134. The van der Waals surface area contributed by atoms with E-state index in [1.54, 1.807) is 32.5 Å². The molecule has 0 unspecified atom stereocenters. The van der Waals surface area contributed by atoms with Crippen LogP contribution in [0.5, 0.6) is 11.5 Å². The van der Waals surface area contributed by atoms with Crippen molar-refractivity contribution >= 4 is 22.6 Å². The second-order valence-corrected chi connectivity index (χ2v) is 3.80. The first-order chi connectivity index (χ1) is 9.17. The molecule has 1 heterocycles. The highest BCUT2D eigenvalue weighted by molar-refractivity contribution is 5.98. The van der Waals surface area contributed by atoms with Crippen LogP contribution in [0.1, 0.15) is 0 Å². The number of anilines is 1. The number of aliphatic carboxylic acids is 1. The Hall–Kier alpha value is -2.50. The van der Waals surface area contributed by atoms with Crippen LogP contribution >= 0.6 is 0 Å². The molecule has 1 aromatic carbocycles. The molecule has 2 rings (SSSR count). The number of methoxy groups -OCH3 is 2. The van der Waals surface area contributed by atoms with Crippen LogP contribution in [0.2, 0.25) is 0 Å². The summed E-state index contributed by atoms with van der Waals surface area (Å²) in [5.74, 6) is 0.770. The van der Waals surface area contributed by atoms with E-state index in [2.05, 4.69) is 10.3 Å². The van der Waals surface area contributed by atoms with Crippen LogP contribution in [0.25, 0.3) is 10.8 Å². The Bertz CT molecular complexity index is 613. The summed E-state index contributed by atoms with van der Waals surface area (Å²) < 4.78 is 10.6. The van der Waals surface area contributed by atoms with Crippen LogP contribution in [-0.2, 0) is 4.79 Å². The van der Waals surface area contributed by atoms with Crippen molar-refractivity contribution < 1.29 is 19.4 Å². The molecule has 0 amide bonds. The van der Waals surface area contributed by atoms with Gasteiger partial charge in [0.25, 0.3) is 0 Å². The zero-order chi connectivity index (χ0) is 13.8. The monoisotopic (exact) mass is 262 g/mol. The summed E-state index contributed by atoms with van der Waals surface area (Å²) in [5, 5.41) is 13.1. The van der Waals surface area contributed by atoms with E-state index < -0.39 is 5.97 Å². The lowest BCUT2D eigenvalue weighted by Crippen LogP contribution is -2.13. The number of hydrogen-bond donors (Lipinski definition) is 2. The van der Waals surface area contributed by atoms with Gasteiger partial charge in [-0.25, -0.2) is 4.98 Å². The van der Waals surface area contributed by atoms with Crippen LogP contribution in [0.4, 0.5) is 5.82 Å². The van der Waals surface area contributed by atoms with Gasteiger partial charge in [0.1, 0.15) is 12.4 Å². The third-order valence-electron chi connectivity index (χ3n) is 2.69. The minimum Gasteiger partial charge on any atom is -0.493 e. The van der Waals surface area contributed by atoms with Crippen molar-refractivity contribution in [2.45, 2.75) is 0 Å². The van der Waals surface area contributed by atoms with Gasteiger partial charge in [-0.1, -0.05) is 0 Å². The predicted octanol–water partition coefficient (Wildman–Crippen LogP) is 1.75. The Morgan fingerprint density at radius 1 is 1.26 bits per heavy atom. The topological polar surface area (TPSA) is 80.7 Å². The van der Waals surface area contributed by atoms with Crippen molar-refractivity contribution in [2.24, 2.45) is 0 Å². The van der Waals surface area contributed by atoms with Crippen molar-refractivity contribution in [3.8, 4) is 11.5 Å². The summed E-state index contributed by atoms with van der Waals surface area (Å²) >= 11 is 0. The molecule has 0 bridgehead atoms.